The molecule has 1 heterocycles. The van der Waals surface area contributed by atoms with Crippen molar-refractivity contribution < 1.29 is 27.9 Å². The van der Waals surface area contributed by atoms with Gasteiger partial charge in [0.05, 0.1) is 0 Å². The third kappa shape index (κ3) is 4.94. The minimum absolute atomic E-state index is 0.138. The van der Waals surface area contributed by atoms with Crippen LogP contribution in [0.2, 0.25) is 0 Å². The number of rotatable bonds is 5. The zero-order chi connectivity index (χ0) is 14.5. The fourth-order valence-electron chi connectivity index (χ4n) is 1.36. The highest BCUT2D eigenvalue weighted by Crippen LogP contribution is 2.15. The maximum atomic E-state index is 12.0. The van der Waals surface area contributed by atoms with Crippen molar-refractivity contribution in [2.24, 2.45) is 0 Å². The first-order chi connectivity index (χ1) is 8.80. The molecule has 19 heavy (non-hydrogen) atoms. The van der Waals surface area contributed by atoms with Crippen molar-refractivity contribution in [3.05, 3.63) is 30.1 Å². The van der Waals surface area contributed by atoms with Crippen LogP contribution in [0.15, 0.2) is 24.5 Å². The Kier molecular flexibility index (Phi) is 4.85. The van der Waals surface area contributed by atoms with Gasteiger partial charge in [-0.15, -0.1) is 0 Å². The molecule has 2 N–H and O–H groups in total. The second-order valence-electron chi connectivity index (χ2n) is 3.76. The molecule has 5 nitrogen and oxygen atoms in total. The van der Waals surface area contributed by atoms with E-state index in [1.807, 2.05) is 0 Å². The van der Waals surface area contributed by atoms with Crippen LogP contribution in [0.1, 0.15) is 12.0 Å². The summed E-state index contributed by atoms with van der Waals surface area (Å²) >= 11 is 0. The Labute approximate surface area is 106 Å². The number of carboxylic acids is 1. The highest BCUT2D eigenvalue weighted by Gasteiger charge is 2.40. The number of carbonyl (C=O) groups excluding carboxylic acids is 1. The molecule has 1 aromatic heterocycles. The second-order valence-corrected chi connectivity index (χ2v) is 3.76. The molecule has 0 aliphatic heterocycles. The maximum Gasteiger partial charge on any atom is 0.471 e. The Hall–Kier alpha value is -2.12. The molecule has 0 saturated heterocycles. The molecule has 104 valence electrons. The van der Waals surface area contributed by atoms with Crippen LogP contribution in [-0.2, 0) is 16.0 Å². The molecule has 0 saturated carbocycles. The molecule has 1 atom stereocenters. The zero-order valence-corrected chi connectivity index (χ0v) is 9.65. The van der Waals surface area contributed by atoms with E-state index in [0.29, 0.717) is 0 Å². The van der Waals surface area contributed by atoms with E-state index in [4.69, 9.17) is 5.11 Å². The number of nitrogens with one attached hydrogen (secondary N) is 1. The monoisotopic (exact) mass is 276 g/mol. The van der Waals surface area contributed by atoms with Crippen LogP contribution in [0.4, 0.5) is 13.2 Å². The molecule has 0 aliphatic rings. The maximum absolute atomic E-state index is 12.0. The van der Waals surface area contributed by atoms with E-state index >= 15 is 0 Å². The van der Waals surface area contributed by atoms with Gasteiger partial charge in [0.15, 0.2) is 0 Å². The van der Waals surface area contributed by atoms with Crippen molar-refractivity contribution in [3.8, 4) is 0 Å². The average molecular weight is 276 g/mol. The molecule has 0 fully saturated rings. The van der Waals surface area contributed by atoms with Crippen molar-refractivity contribution in [1.82, 2.24) is 10.3 Å². The number of pyridine rings is 1. The summed E-state index contributed by atoms with van der Waals surface area (Å²) in [5.74, 6) is -3.76. The van der Waals surface area contributed by atoms with Crippen molar-refractivity contribution in [3.63, 3.8) is 0 Å². The molecule has 8 heteroatoms. The third-order valence-electron chi connectivity index (χ3n) is 2.33. The third-order valence-corrected chi connectivity index (χ3v) is 2.33. The van der Waals surface area contributed by atoms with E-state index < -0.39 is 24.1 Å². The number of carboxylic acid groups (broad SMARTS) is 1. The minimum atomic E-state index is -5.09. The number of aliphatic carboxylic acids is 1. The summed E-state index contributed by atoms with van der Waals surface area (Å²) in [7, 11) is 0. The van der Waals surface area contributed by atoms with Crippen molar-refractivity contribution in [2.75, 3.05) is 0 Å². The van der Waals surface area contributed by atoms with Crippen LogP contribution in [-0.4, -0.2) is 34.2 Å². The van der Waals surface area contributed by atoms with Crippen molar-refractivity contribution in [2.45, 2.75) is 25.1 Å². The number of hydrogen-bond acceptors (Lipinski definition) is 3. The lowest BCUT2D eigenvalue weighted by atomic mass is 10.1. The van der Waals surface area contributed by atoms with Gasteiger partial charge in [0.2, 0.25) is 0 Å². The predicted molar refractivity (Wildman–Crippen MR) is 58.2 cm³/mol. The fourth-order valence-corrected chi connectivity index (χ4v) is 1.36. The predicted octanol–water partition coefficient (Wildman–Crippen LogP) is 1.15. The summed E-state index contributed by atoms with van der Waals surface area (Å²) in [5, 5.41) is 10.2. The summed E-state index contributed by atoms with van der Waals surface area (Å²) < 4.78 is 36.1. The van der Waals surface area contributed by atoms with E-state index in [2.05, 4.69) is 4.98 Å². The van der Waals surface area contributed by atoms with Gasteiger partial charge in [-0.2, -0.15) is 13.2 Å². The molecule has 0 spiro atoms. The number of nitrogens with zero attached hydrogens (tertiary/aromatic N) is 1. The number of aryl methyl sites for hydroxylation is 1. The number of amides is 1. The molecule has 1 unspecified atom stereocenters. The molecule has 1 rings (SSSR count). The van der Waals surface area contributed by atoms with Crippen LogP contribution < -0.4 is 5.32 Å². The molecule has 1 amide bonds. The Morgan fingerprint density at radius 2 is 1.89 bits per heavy atom. The van der Waals surface area contributed by atoms with E-state index in [9.17, 15) is 22.8 Å². The normalized spacial score (nSPS) is 12.8. The van der Waals surface area contributed by atoms with Gasteiger partial charge in [-0.05, 0) is 30.5 Å². The van der Waals surface area contributed by atoms with E-state index in [1.165, 1.54) is 17.7 Å². The number of alkyl halides is 3. The second kappa shape index (κ2) is 6.17. The molecule has 0 bridgehead atoms. The van der Waals surface area contributed by atoms with Crippen LogP contribution in [0.25, 0.3) is 0 Å². The quantitative estimate of drug-likeness (QED) is 0.845. The standard InChI is InChI=1S/C11H11F3N2O3/c12-11(13,14)10(19)16-8(9(17)18)2-1-7-3-5-15-6-4-7/h3-6,8H,1-2H2,(H,16,19)(H,17,18). The number of aromatic nitrogens is 1. The topological polar surface area (TPSA) is 79.3 Å². The van der Waals surface area contributed by atoms with Gasteiger partial charge in [-0.25, -0.2) is 4.79 Å². The lowest BCUT2D eigenvalue weighted by Gasteiger charge is -2.15. The summed E-state index contributed by atoms with van der Waals surface area (Å²) in [4.78, 5) is 25.2. The lowest BCUT2D eigenvalue weighted by molar-refractivity contribution is -0.175. The zero-order valence-electron chi connectivity index (χ0n) is 9.65. The largest absolute Gasteiger partial charge is 0.480 e. The van der Waals surface area contributed by atoms with Crippen LogP contribution in [0.3, 0.4) is 0 Å². The van der Waals surface area contributed by atoms with Crippen LogP contribution >= 0.6 is 0 Å². The van der Waals surface area contributed by atoms with Gasteiger partial charge in [0.25, 0.3) is 0 Å². The molecule has 0 radical (unpaired) electrons. The van der Waals surface area contributed by atoms with Crippen LogP contribution in [0, 0.1) is 0 Å². The van der Waals surface area contributed by atoms with Gasteiger partial charge in [-0.1, -0.05) is 0 Å². The Bertz CT molecular complexity index is 448. The van der Waals surface area contributed by atoms with Gasteiger partial charge in [0.1, 0.15) is 6.04 Å². The summed E-state index contributed by atoms with van der Waals surface area (Å²) in [5.41, 5.74) is 0.725. The highest BCUT2D eigenvalue weighted by molar-refractivity contribution is 5.86. The molecule has 1 aromatic rings. The fraction of sp³-hybridized carbons (Fsp3) is 0.364. The smallest absolute Gasteiger partial charge is 0.471 e. The Balaban J connectivity index is 2.59. The van der Waals surface area contributed by atoms with E-state index in [-0.39, 0.29) is 12.8 Å². The molecular formula is C11H11F3N2O3. The number of carbonyl (C=O) groups is 2. The summed E-state index contributed by atoms with van der Waals surface area (Å²) in [6, 6.07) is 1.65. The van der Waals surface area contributed by atoms with Crippen molar-refractivity contribution in [1.29, 1.82) is 0 Å². The first kappa shape index (κ1) is 14.9. The number of halogens is 3. The molecular weight excluding hydrogens is 265 g/mol. The Morgan fingerprint density at radius 1 is 1.32 bits per heavy atom. The van der Waals surface area contributed by atoms with Crippen LogP contribution in [0.5, 0.6) is 0 Å². The van der Waals surface area contributed by atoms with Crippen molar-refractivity contribution >= 4 is 11.9 Å². The Morgan fingerprint density at radius 3 is 2.37 bits per heavy atom. The average Bonchev–Trinajstić information content (AvgIpc) is 2.33. The SMILES string of the molecule is O=C(O)C(CCc1ccncc1)NC(=O)C(F)(F)F. The lowest BCUT2D eigenvalue weighted by Crippen LogP contribution is -2.47. The summed E-state index contributed by atoms with van der Waals surface area (Å²) in [6.45, 7) is 0. The van der Waals surface area contributed by atoms with E-state index in [1.54, 1.807) is 12.1 Å². The van der Waals surface area contributed by atoms with Gasteiger partial charge in [-0.3, -0.25) is 9.78 Å². The minimum Gasteiger partial charge on any atom is -0.480 e. The molecule has 0 aromatic carbocycles. The van der Waals surface area contributed by atoms with E-state index in [0.717, 1.165) is 5.56 Å². The number of hydrogen-bond donors (Lipinski definition) is 2. The van der Waals surface area contributed by atoms with Gasteiger partial charge >= 0.3 is 18.1 Å². The first-order valence-electron chi connectivity index (χ1n) is 5.30. The highest BCUT2D eigenvalue weighted by atomic mass is 19.4. The van der Waals surface area contributed by atoms with Gasteiger partial charge in [0, 0.05) is 12.4 Å². The molecule has 0 aliphatic carbocycles. The van der Waals surface area contributed by atoms with Gasteiger partial charge < -0.3 is 10.4 Å². The summed E-state index contributed by atoms with van der Waals surface area (Å²) in [6.07, 6.45) is -2.04. The first-order valence-corrected chi connectivity index (χ1v) is 5.30.